The molecule has 174 valence electrons. The molecule has 34 heavy (non-hydrogen) atoms. The number of nitrogens with zero attached hydrogens (tertiary/aromatic N) is 3. The van der Waals surface area contributed by atoms with Crippen LogP contribution in [0.3, 0.4) is 0 Å². The summed E-state index contributed by atoms with van der Waals surface area (Å²) in [6.45, 7) is 1.64. The molecule has 0 unspecified atom stereocenters. The minimum atomic E-state index is -3.86. The Hall–Kier alpha value is -3.50. The van der Waals surface area contributed by atoms with Gasteiger partial charge in [-0.25, -0.2) is 22.2 Å². The van der Waals surface area contributed by atoms with Crippen LogP contribution in [-0.4, -0.2) is 34.9 Å². The number of ketones is 1. The zero-order valence-corrected chi connectivity index (χ0v) is 19.3. The number of hydrogen-bond donors (Lipinski definition) is 1. The van der Waals surface area contributed by atoms with E-state index >= 15 is 0 Å². The number of sulfonamides is 1. The number of anilines is 1. The topological polar surface area (TPSA) is 102 Å². The molecule has 2 aromatic heterocycles. The molecule has 0 aliphatic rings. The highest BCUT2D eigenvalue weighted by molar-refractivity contribution is 7.92. The summed E-state index contributed by atoms with van der Waals surface area (Å²) in [4.78, 5) is 26.0. The standard InChI is InChI=1S/C23H17ClF2N4O3S/c1-2-8-34(32,33)30-18-10-15(25)22(26)20(21(18)24)23(31)13-5-6-16-17(9-13)29-19(12-28-16)14-4-3-7-27-11-14/h3-7,9-12,30H,2,8H2,1H3. The van der Waals surface area contributed by atoms with E-state index in [9.17, 15) is 22.0 Å². The smallest absolute Gasteiger partial charge is 0.232 e. The van der Waals surface area contributed by atoms with Crippen LogP contribution in [0.4, 0.5) is 14.5 Å². The Balaban J connectivity index is 1.78. The second-order valence-corrected chi connectivity index (χ2v) is 9.58. The molecule has 0 bridgehead atoms. The minimum absolute atomic E-state index is 0.0288. The van der Waals surface area contributed by atoms with Crippen molar-refractivity contribution in [1.29, 1.82) is 0 Å². The number of benzene rings is 2. The Bertz CT molecular complexity index is 1520. The Morgan fingerprint density at radius 2 is 1.91 bits per heavy atom. The average molecular weight is 503 g/mol. The monoisotopic (exact) mass is 502 g/mol. The molecule has 4 rings (SSSR count). The molecular weight excluding hydrogens is 486 g/mol. The number of halogens is 3. The van der Waals surface area contributed by atoms with Crippen LogP contribution in [-0.2, 0) is 10.0 Å². The van der Waals surface area contributed by atoms with E-state index in [2.05, 4.69) is 19.7 Å². The molecule has 0 saturated heterocycles. The van der Waals surface area contributed by atoms with Crippen LogP contribution >= 0.6 is 11.6 Å². The van der Waals surface area contributed by atoms with Gasteiger partial charge in [-0.3, -0.25) is 19.5 Å². The lowest BCUT2D eigenvalue weighted by Gasteiger charge is -2.13. The predicted octanol–water partition coefficient (Wildman–Crippen LogP) is 5.01. The van der Waals surface area contributed by atoms with Gasteiger partial charge in [0.15, 0.2) is 17.4 Å². The Morgan fingerprint density at radius 1 is 1.12 bits per heavy atom. The van der Waals surface area contributed by atoms with Crippen LogP contribution in [0, 0.1) is 11.6 Å². The third kappa shape index (κ3) is 4.73. The van der Waals surface area contributed by atoms with Gasteiger partial charge < -0.3 is 0 Å². The number of carbonyl (C=O) groups excluding carboxylic acids is 1. The van der Waals surface area contributed by atoms with E-state index in [-0.39, 0.29) is 11.3 Å². The lowest BCUT2D eigenvalue weighted by molar-refractivity contribution is 0.103. The van der Waals surface area contributed by atoms with Crippen molar-refractivity contribution in [2.75, 3.05) is 10.5 Å². The van der Waals surface area contributed by atoms with Gasteiger partial charge >= 0.3 is 0 Å². The third-order valence-corrected chi connectivity index (χ3v) is 6.75. The molecule has 0 aliphatic carbocycles. The number of rotatable bonds is 7. The van der Waals surface area contributed by atoms with Crippen LogP contribution in [0.15, 0.2) is 55.0 Å². The van der Waals surface area contributed by atoms with Gasteiger partial charge in [0.05, 0.1) is 45.0 Å². The van der Waals surface area contributed by atoms with Crippen LogP contribution in [0.25, 0.3) is 22.3 Å². The average Bonchev–Trinajstić information content (AvgIpc) is 2.82. The fourth-order valence-corrected chi connectivity index (χ4v) is 4.78. The van der Waals surface area contributed by atoms with Gasteiger partial charge in [-0.2, -0.15) is 0 Å². The first-order valence-corrected chi connectivity index (χ1v) is 12.1. The van der Waals surface area contributed by atoms with E-state index in [1.807, 2.05) is 0 Å². The second kappa shape index (κ2) is 9.40. The van der Waals surface area contributed by atoms with Gasteiger partial charge in [0.2, 0.25) is 10.0 Å². The van der Waals surface area contributed by atoms with Gasteiger partial charge in [-0.1, -0.05) is 18.5 Å². The Morgan fingerprint density at radius 3 is 2.62 bits per heavy atom. The molecule has 0 fully saturated rings. The molecule has 1 N–H and O–H groups in total. The molecule has 2 heterocycles. The molecule has 0 saturated carbocycles. The number of hydrogen-bond acceptors (Lipinski definition) is 6. The quantitative estimate of drug-likeness (QED) is 0.281. The largest absolute Gasteiger partial charge is 0.288 e. The van der Waals surface area contributed by atoms with Crippen LogP contribution < -0.4 is 4.72 Å². The molecule has 0 radical (unpaired) electrons. The van der Waals surface area contributed by atoms with Crippen molar-refractivity contribution in [2.24, 2.45) is 0 Å². The molecule has 0 amide bonds. The van der Waals surface area contributed by atoms with Crippen molar-refractivity contribution in [3.63, 3.8) is 0 Å². The number of carbonyl (C=O) groups is 1. The summed E-state index contributed by atoms with van der Waals surface area (Å²) in [6, 6.07) is 8.41. The Kier molecular flexibility index (Phi) is 6.54. The fourth-order valence-electron chi connectivity index (χ4n) is 3.32. The second-order valence-electron chi connectivity index (χ2n) is 7.36. The van der Waals surface area contributed by atoms with E-state index in [0.717, 1.165) is 0 Å². The third-order valence-electron chi connectivity index (χ3n) is 4.88. The minimum Gasteiger partial charge on any atom is -0.288 e. The van der Waals surface area contributed by atoms with Gasteiger partial charge in [-0.05, 0) is 36.8 Å². The van der Waals surface area contributed by atoms with Gasteiger partial charge in [0.1, 0.15) is 0 Å². The van der Waals surface area contributed by atoms with Gasteiger partial charge in [0, 0.05) is 29.6 Å². The summed E-state index contributed by atoms with van der Waals surface area (Å²) in [6.07, 6.45) is 5.07. The lowest BCUT2D eigenvalue weighted by atomic mass is 10.0. The summed E-state index contributed by atoms with van der Waals surface area (Å²) in [7, 11) is -3.86. The molecule has 0 atom stereocenters. The van der Waals surface area contributed by atoms with Gasteiger partial charge in [0.25, 0.3) is 0 Å². The maximum Gasteiger partial charge on any atom is 0.232 e. The van der Waals surface area contributed by atoms with E-state index in [0.29, 0.717) is 34.8 Å². The number of fused-ring (bicyclic) bond motifs is 1. The number of aromatic nitrogens is 3. The van der Waals surface area contributed by atoms with E-state index < -0.39 is 43.7 Å². The fraction of sp³-hybridized carbons (Fsp3) is 0.130. The predicted molar refractivity (Wildman–Crippen MR) is 125 cm³/mol. The van der Waals surface area contributed by atoms with Crippen LogP contribution in [0.5, 0.6) is 0 Å². The zero-order chi connectivity index (χ0) is 24.5. The SMILES string of the molecule is CCCS(=O)(=O)Nc1cc(F)c(F)c(C(=O)c2ccc3ncc(-c4cccnc4)nc3c2)c1Cl. The highest BCUT2D eigenvalue weighted by Gasteiger charge is 2.26. The molecule has 7 nitrogen and oxygen atoms in total. The van der Waals surface area contributed by atoms with Crippen molar-refractivity contribution in [2.45, 2.75) is 13.3 Å². The molecule has 11 heteroatoms. The van der Waals surface area contributed by atoms with E-state index in [4.69, 9.17) is 11.6 Å². The van der Waals surface area contributed by atoms with E-state index in [1.54, 1.807) is 37.6 Å². The van der Waals surface area contributed by atoms with Crippen molar-refractivity contribution < 1.29 is 22.0 Å². The summed E-state index contributed by atoms with van der Waals surface area (Å²) < 4.78 is 55.3. The summed E-state index contributed by atoms with van der Waals surface area (Å²) in [5, 5.41) is -0.543. The molecule has 0 aliphatic heterocycles. The van der Waals surface area contributed by atoms with Crippen LogP contribution in [0.1, 0.15) is 29.3 Å². The maximum atomic E-state index is 14.7. The zero-order valence-electron chi connectivity index (χ0n) is 17.7. The molecular formula is C23H17ClF2N4O3S. The van der Waals surface area contributed by atoms with E-state index in [1.165, 1.54) is 18.2 Å². The number of pyridine rings is 1. The van der Waals surface area contributed by atoms with Crippen LogP contribution in [0.2, 0.25) is 5.02 Å². The summed E-state index contributed by atoms with van der Waals surface area (Å²) in [5.74, 6) is -4.09. The summed E-state index contributed by atoms with van der Waals surface area (Å²) in [5.41, 5.74) is 0.791. The normalized spacial score (nSPS) is 11.5. The van der Waals surface area contributed by atoms with Crippen molar-refractivity contribution in [3.8, 4) is 11.3 Å². The van der Waals surface area contributed by atoms with Gasteiger partial charge in [-0.15, -0.1) is 0 Å². The van der Waals surface area contributed by atoms with Crippen molar-refractivity contribution in [1.82, 2.24) is 15.0 Å². The number of nitrogens with one attached hydrogen (secondary N) is 1. The van der Waals surface area contributed by atoms with Crippen molar-refractivity contribution >= 4 is 44.1 Å². The first-order valence-electron chi connectivity index (χ1n) is 10.1. The first kappa shape index (κ1) is 23.7. The summed E-state index contributed by atoms with van der Waals surface area (Å²) >= 11 is 6.17. The lowest BCUT2D eigenvalue weighted by Crippen LogP contribution is -2.18. The highest BCUT2D eigenvalue weighted by Crippen LogP contribution is 2.33. The molecule has 4 aromatic rings. The van der Waals surface area contributed by atoms with Crippen molar-refractivity contribution in [3.05, 3.63) is 82.8 Å². The first-order chi connectivity index (χ1) is 16.2. The Labute approximate surface area is 198 Å². The molecule has 0 spiro atoms. The highest BCUT2D eigenvalue weighted by atomic mass is 35.5. The maximum absolute atomic E-state index is 14.7. The molecule has 2 aromatic carbocycles.